The molecule has 0 bridgehead atoms. The zero-order valence-corrected chi connectivity index (χ0v) is 17.1. The van der Waals surface area contributed by atoms with E-state index in [2.05, 4.69) is 15.1 Å². The Kier molecular flexibility index (Phi) is 6.71. The SMILES string of the molecule is COc1ccc(N2CCN(CC(=O)Nc3cc(Cl)c(Cl)cc3Cl)CC2)cc1. The zero-order valence-electron chi connectivity index (χ0n) is 14.8. The van der Waals surface area contributed by atoms with Crippen molar-refractivity contribution in [2.75, 3.05) is 50.1 Å². The van der Waals surface area contributed by atoms with Gasteiger partial charge in [0.1, 0.15) is 5.75 Å². The summed E-state index contributed by atoms with van der Waals surface area (Å²) >= 11 is 18.0. The maximum atomic E-state index is 12.3. The van der Waals surface area contributed by atoms with Crippen molar-refractivity contribution in [3.63, 3.8) is 0 Å². The molecule has 1 aliphatic heterocycles. The van der Waals surface area contributed by atoms with Gasteiger partial charge in [0.2, 0.25) is 5.91 Å². The number of halogens is 3. The van der Waals surface area contributed by atoms with Crippen molar-refractivity contribution in [2.24, 2.45) is 0 Å². The highest BCUT2D eigenvalue weighted by Crippen LogP contribution is 2.32. The largest absolute Gasteiger partial charge is 0.497 e. The number of piperazine rings is 1. The van der Waals surface area contributed by atoms with Crippen molar-refractivity contribution in [3.8, 4) is 5.75 Å². The van der Waals surface area contributed by atoms with Gasteiger partial charge in [0.15, 0.2) is 0 Å². The Hall–Kier alpha value is -1.66. The van der Waals surface area contributed by atoms with Gasteiger partial charge < -0.3 is 15.0 Å². The molecule has 0 unspecified atom stereocenters. The molecule has 0 saturated carbocycles. The monoisotopic (exact) mass is 427 g/mol. The van der Waals surface area contributed by atoms with Gasteiger partial charge in [0, 0.05) is 31.9 Å². The highest BCUT2D eigenvalue weighted by Gasteiger charge is 2.20. The normalized spacial score (nSPS) is 14.9. The lowest BCUT2D eigenvalue weighted by molar-refractivity contribution is -0.117. The van der Waals surface area contributed by atoms with Crippen LogP contribution >= 0.6 is 34.8 Å². The predicted octanol–water partition coefficient (Wildman–Crippen LogP) is 4.42. The highest BCUT2D eigenvalue weighted by atomic mass is 35.5. The number of amides is 1. The first kappa shape index (κ1) is 20.1. The van der Waals surface area contributed by atoms with Gasteiger partial charge in [-0.2, -0.15) is 0 Å². The Morgan fingerprint density at radius 3 is 2.26 bits per heavy atom. The second kappa shape index (κ2) is 9.02. The average Bonchev–Trinajstić information content (AvgIpc) is 2.67. The molecule has 1 heterocycles. The molecule has 0 atom stereocenters. The van der Waals surface area contributed by atoms with E-state index < -0.39 is 0 Å². The molecule has 144 valence electrons. The van der Waals surface area contributed by atoms with Crippen molar-refractivity contribution in [2.45, 2.75) is 0 Å². The summed E-state index contributed by atoms with van der Waals surface area (Å²) in [6.45, 7) is 3.61. The van der Waals surface area contributed by atoms with Crippen LogP contribution in [0.5, 0.6) is 5.75 Å². The smallest absolute Gasteiger partial charge is 0.238 e. The maximum absolute atomic E-state index is 12.3. The van der Waals surface area contributed by atoms with E-state index in [0.717, 1.165) is 37.6 Å². The zero-order chi connectivity index (χ0) is 19.4. The van der Waals surface area contributed by atoms with E-state index in [9.17, 15) is 4.79 Å². The van der Waals surface area contributed by atoms with Gasteiger partial charge in [-0.1, -0.05) is 34.8 Å². The summed E-state index contributed by atoms with van der Waals surface area (Å²) in [4.78, 5) is 16.7. The first-order chi connectivity index (χ1) is 13.0. The number of rotatable bonds is 5. The molecular formula is C19H20Cl3N3O2. The van der Waals surface area contributed by atoms with Crippen LogP contribution in [0.1, 0.15) is 0 Å². The molecule has 1 fully saturated rings. The lowest BCUT2D eigenvalue weighted by Gasteiger charge is -2.35. The number of nitrogens with one attached hydrogen (secondary N) is 1. The van der Waals surface area contributed by atoms with Crippen LogP contribution in [0.2, 0.25) is 15.1 Å². The van der Waals surface area contributed by atoms with Crippen LogP contribution < -0.4 is 15.0 Å². The van der Waals surface area contributed by atoms with Crippen LogP contribution in [0.3, 0.4) is 0 Å². The van der Waals surface area contributed by atoms with Crippen LogP contribution in [0.4, 0.5) is 11.4 Å². The molecule has 0 radical (unpaired) electrons. The molecule has 1 aliphatic rings. The number of anilines is 2. The molecule has 2 aromatic rings. The third-order valence-corrected chi connectivity index (χ3v) is 5.50. The van der Waals surface area contributed by atoms with E-state index in [1.54, 1.807) is 13.2 Å². The first-order valence-electron chi connectivity index (χ1n) is 8.52. The number of ether oxygens (including phenoxy) is 1. The fourth-order valence-corrected chi connectivity index (χ4v) is 3.56. The van der Waals surface area contributed by atoms with E-state index in [1.165, 1.54) is 6.07 Å². The summed E-state index contributed by atoms with van der Waals surface area (Å²) in [7, 11) is 1.66. The van der Waals surface area contributed by atoms with Crippen molar-refractivity contribution >= 4 is 52.1 Å². The Morgan fingerprint density at radius 2 is 1.63 bits per heavy atom. The number of carbonyl (C=O) groups excluding carboxylic acids is 1. The van der Waals surface area contributed by atoms with Gasteiger partial charge in [-0.15, -0.1) is 0 Å². The average molecular weight is 429 g/mol. The van der Waals surface area contributed by atoms with Gasteiger partial charge >= 0.3 is 0 Å². The van der Waals surface area contributed by atoms with Gasteiger partial charge in [-0.05, 0) is 36.4 Å². The number of methoxy groups -OCH3 is 1. The van der Waals surface area contributed by atoms with E-state index in [0.29, 0.717) is 27.3 Å². The molecular weight excluding hydrogens is 409 g/mol. The summed E-state index contributed by atoms with van der Waals surface area (Å²) in [6, 6.07) is 11.1. The standard InChI is InChI=1S/C19H20Cl3N3O2/c1-27-14-4-2-13(3-5-14)25-8-6-24(7-9-25)12-19(26)23-18-11-16(21)15(20)10-17(18)22/h2-5,10-11H,6-9,12H2,1H3,(H,23,26). The third-order valence-electron chi connectivity index (χ3n) is 4.46. The van der Waals surface area contributed by atoms with E-state index >= 15 is 0 Å². The number of benzene rings is 2. The number of hydrogen-bond donors (Lipinski definition) is 1. The van der Waals surface area contributed by atoms with Crippen molar-refractivity contribution in [1.29, 1.82) is 0 Å². The molecule has 27 heavy (non-hydrogen) atoms. The van der Waals surface area contributed by atoms with Crippen molar-refractivity contribution < 1.29 is 9.53 Å². The fraction of sp³-hybridized carbons (Fsp3) is 0.316. The van der Waals surface area contributed by atoms with Crippen LogP contribution in [-0.4, -0.2) is 50.6 Å². The second-order valence-corrected chi connectivity index (χ2v) is 7.48. The quantitative estimate of drug-likeness (QED) is 0.716. The van der Waals surface area contributed by atoms with E-state index in [1.807, 2.05) is 24.3 Å². The molecule has 0 spiro atoms. The Balaban J connectivity index is 1.51. The molecule has 1 amide bonds. The minimum atomic E-state index is -0.131. The highest BCUT2D eigenvalue weighted by molar-refractivity contribution is 6.44. The third kappa shape index (κ3) is 5.20. The molecule has 3 rings (SSSR count). The van der Waals surface area contributed by atoms with Gasteiger partial charge in [0.05, 0.1) is 34.4 Å². The molecule has 1 saturated heterocycles. The lowest BCUT2D eigenvalue weighted by Crippen LogP contribution is -2.48. The van der Waals surface area contributed by atoms with E-state index in [4.69, 9.17) is 39.5 Å². The summed E-state index contributed by atoms with van der Waals surface area (Å²) in [5.41, 5.74) is 1.62. The molecule has 5 nitrogen and oxygen atoms in total. The van der Waals surface area contributed by atoms with E-state index in [-0.39, 0.29) is 5.91 Å². The molecule has 0 aliphatic carbocycles. The summed E-state index contributed by atoms with van der Waals surface area (Å²) in [5.74, 6) is 0.711. The van der Waals surface area contributed by atoms with Crippen LogP contribution in [0.15, 0.2) is 36.4 Å². The minimum Gasteiger partial charge on any atom is -0.497 e. The number of carbonyl (C=O) groups is 1. The minimum absolute atomic E-state index is 0.131. The fourth-order valence-electron chi connectivity index (χ4n) is 2.97. The summed E-state index contributed by atoms with van der Waals surface area (Å²) < 4.78 is 5.19. The van der Waals surface area contributed by atoms with Gasteiger partial charge in [0.25, 0.3) is 0 Å². The Bertz CT molecular complexity index is 807. The van der Waals surface area contributed by atoms with Gasteiger partial charge in [-0.3, -0.25) is 9.69 Å². The molecule has 0 aromatic heterocycles. The topological polar surface area (TPSA) is 44.8 Å². The Labute approximate surface area is 173 Å². The second-order valence-electron chi connectivity index (χ2n) is 6.26. The molecule has 2 aromatic carbocycles. The first-order valence-corrected chi connectivity index (χ1v) is 9.65. The lowest BCUT2D eigenvalue weighted by atomic mass is 10.2. The predicted molar refractivity (Wildman–Crippen MR) is 112 cm³/mol. The molecule has 1 N–H and O–H groups in total. The van der Waals surface area contributed by atoms with Crippen LogP contribution in [0.25, 0.3) is 0 Å². The summed E-state index contributed by atoms with van der Waals surface area (Å²) in [6.07, 6.45) is 0. The van der Waals surface area contributed by atoms with Crippen LogP contribution in [-0.2, 0) is 4.79 Å². The van der Waals surface area contributed by atoms with Crippen molar-refractivity contribution in [3.05, 3.63) is 51.5 Å². The summed E-state index contributed by atoms with van der Waals surface area (Å²) in [5, 5.41) is 3.87. The van der Waals surface area contributed by atoms with Gasteiger partial charge in [-0.25, -0.2) is 0 Å². The Morgan fingerprint density at radius 1 is 1.00 bits per heavy atom. The maximum Gasteiger partial charge on any atom is 0.238 e. The van der Waals surface area contributed by atoms with Crippen LogP contribution in [0, 0.1) is 0 Å². The van der Waals surface area contributed by atoms with Crippen molar-refractivity contribution in [1.82, 2.24) is 4.90 Å². The number of nitrogens with zero attached hydrogens (tertiary/aromatic N) is 2. The molecule has 8 heteroatoms. The number of hydrogen-bond acceptors (Lipinski definition) is 4.